The lowest BCUT2D eigenvalue weighted by Crippen LogP contribution is -2.35. The van der Waals surface area contributed by atoms with Gasteiger partial charge < -0.3 is 11.1 Å². The highest BCUT2D eigenvalue weighted by atomic mass is 15.1. The van der Waals surface area contributed by atoms with E-state index in [2.05, 4.69) is 44.9 Å². The van der Waals surface area contributed by atoms with E-state index in [4.69, 9.17) is 5.73 Å². The Kier molecular flexibility index (Phi) is 8.01. The molecule has 0 unspecified atom stereocenters. The Morgan fingerprint density at radius 3 is 2.47 bits per heavy atom. The molecule has 0 rings (SSSR count). The van der Waals surface area contributed by atoms with E-state index in [1.54, 1.807) is 0 Å². The van der Waals surface area contributed by atoms with Gasteiger partial charge in [0.1, 0.15) is 0 Å². The van der Waals surface area contributed by atoms with Crippen LogP contribution in [0.25, 0.3) is 0 Å². The molecule has 102 valence electrons. The zero-order valence-corrected chi connectivity index (χ0v) is 12.3. The summed E-state index contributed by atoms with van der Waals surface area (Å²) in [5.41, 5.74) is 6.09. The lowest BCUT2D eigenvalue weighted by Gasteiger charge is -2.22. The summed E-state index contributed by atoms with van der Waals surface area (Å²) in [6.07, 6.45) is 5.10. The highest BCUT2D eigenvalue weighted by Gasteiger charge is 2.16. The molecule has 0 amide bonds. The number of rotatable bonds is 8. The molecule has 0 heterocycles. The number of guanidine groups is 1. The van der Waals surface area contributed by atoms with Crippen LogP contribution >= 0.6 is 0 Å². The molecule has 0 aromatic heterocycles. The van der Waals surface area contributed by atoms with Gasteiger partial charge in [0.2, 0.25) is 0 Å². The van der Waals surface area contributed by atoms with Crippen LogP contribution in [0, 0.1) is 11.3 Å². The van der Waals surface area contributed by atoms with E-state index in [9.17, 15) is 0 Å². The van der Waals surface area contributed by atoms with E-state index < -0.39 is 0 Å². The van der Waals surface area contributed by atoms with Crippen molar-refractivity contribution in [2.45, 2.75) is 60.3 Å². The summed E-state index contributed by atoms with van der Waals surface area (Å²) >= 11 is 0. The average Bonchev–Trinajstić information content (AvgIpc) is 2.24. The molecular formula is C14H31N3. The summed E-state index contributed by atoms with van der Waals surface area (Å²) in [4.78, 5) is 4.43. The zero-order valence-electron chi connectivity index (χ0n) is 12.3. The van der Waals surface area contributed by atoms with Gasteiger partial charge in [-0.05, 0) is 17.8 Å². The number of nitrogens with zero attached hydrogens (tertiary/aromatic N) is 1. The first-order valence-electron chi connectivity index (χ1n) is 6.91. The van der Waals surface area contributed by atoms with E-state index in [0.29, 0.717) is 11.9 Å². The second-order valence-electron chi connectivity index (χ2n) is 6.10. The van der Waals surface area contributed by atoms with Crippen molar-refractivity contribution in [3.05, 3.63) is 0 Å². The summed E-state index contributed by atoms with van der Waals surface area (Å²) in [5.74, 6) is 1.18. The fourth-order valence-corrected chi connectivity index (χ4v) is 1.60. The Labute approximate surface area is 107 Å². The smallest absolute Gasteiger partial charge is 0.188 e. The van der Waals surface area contributed by atoms with Gasteiger partial charge in [0, 0.05) is 13.1 Å². The van der Waals surface area contributed by atoms with E-state index >= 15 is 0 Å². The highest BCUT2D eigenvalue weighted by molar-refractivity contribution is 5.77. The molecule has 0 aliphatic carbocycles. The third-order valence-electron chi connectivity index (χ3n) is 2.83. The molecule has 0 bridgehead atoms. The van der Waals surface area contributed by atoms with Gasteiger partial charge in [-0.2, -0.15) is 0 Å². The van der Waals surface area contributed by atoms with Gasteiger partial charge in [0.15, 0.2) is 5.96 Å². The summed E-state index contributed by atoms with van der Waals surface area (Å²) < 4.78 is 0. The molecule has 0 atom stereocenters. The Bertz CT molecular complexity index is 220. The molecule has 0 aliphatic rings. The van der Waals surface area contributed by atoms with Crippen LogP contribution < -0.4 is 11.1 Å². The van der Waals surface area contributed by atoms with E-state index in [1.165, 1.54) is 25.7 Å². The third-order valence-corrected chi connectivity index (χ3v) is 2.83. The Balaban J connectivity index is 3.92. The summed E-state index contributed by atoms with van der Waals surface area (Å²) in [6.45, 7) is 12.8. The number of unbranched alkanes of at least 4 members (excludes halogenated alkanes) is 2. The molecule has 0 saturated heterocycles. The van der Waals surface area contributed by atoms with Gasteiger partial charge in [-0.25, -0.2) is 0 Å². The minimum absolute atomic E-state index is 0.263. The lowest BCUT2D eigenvalue weighted by molar-refractivity contribution is 0.333. The van der Waals surface area contributed by atoms with Crippen molar-refractivity contribution in [3.63, 3.8) is 0 Å². The van der Waals surface area contributed by atoms with Crippen molar-refractivity contribution in [2.75, 3.05) is 13.1 Å². The number of nitrogens with two attached hydrogens (primary N) is 1. The molecule has 0 aromatic carbocycles. The SMILES string of the molecule is CCCCCC(C)(C)CN=C(N)NCC(C)C. The maximum atomic E-state index is 5.82. The Morgan fingerprint density at radius 2 is 1.94 bits per heavy atom. The molecule has 0 aliphatic heterocycles. The van der Waals surface area contributed by atoms with Gasteiger partial charge >= 0.3 is 0 Å². The van der Waals surface area contributed by atoms with Crippen LogP contribution in [0.2, 0.25) is 0 Å². The molecule has 3 N–H and O–H groups in total. The summed E-state index contributed by atoms with van der Waals surface area (Å²) in [6, 6.07) is 0. The van der Waals surface area contributed by atoms with Gasteiger partial charge in [0.05, 0.1) is 0 Å². The minimum atomic E-state index is 0.263. The van der Waals surface area contributed by atoms with E-state index in [-0.39, 0.29) is 5.41 Å². The predicted octanol–water partition coefficient (Wildman–Crippen LogP) is 3.15. The van der Waals surface area contributed by atoms with Crippen molar-refractivity contribution >= 4 is 5.96 Å². The second kappa shape index (κ2) is 8.37. The first-order chi connectivity index (χ1) is 7.87. The molecule has 0 saturated carbocycles. The zero-order chi connectivity index (χ0) is 13.3. The topological polar surface area (TPSA) is 50.4 Å². The maximum Gasteiger partial charge on any atom is 0.188 e. The standard InChI is InChI=1S/C14H31N3/c1-6-7-8-9-14(4,5)11-17-13(15)16-10-12(2)3/h12H,6-11H2,1-5H3,(H3,15,16,17). The fourth-order valence-electron chi connectivity index (χ4n) is 1.60. The molecule has 17 heavy (non-hydrogen) atoms. The monoisotopic (exact) mass is 241 g/mol. The van der Waals surface area contributed by atoms with Crippen LogP contribution in [0.5, 0.6) is 0 Å². The van der Waals surface area contributed by atoms with Crippen LogP contribution in [0.1, 0.15) is 60.3 Å². The minimum Gasteiger partial charge on any atom is -0.370 e. The van der Waals surface area contributed by atoms with Gasteiger partial charge in [-0.1, -0.05) is 53.9 Å². The van der Waals surface area contributed by atoms with Crippen LogP contribution in [0.4, 0.5) is 0 Å². The molecule has 0 spiro atoms. The second-order valence-corrected chi connectivity index (χ2v) is 6.10. The van der Waals surface area contributed by atoms with E-state index in [0.717, 1.165) is 13.1 Å². The number of hydrogen-bond donors (Lipinski definition) is 2. The van der Waals surface area contributed by atoms with Gasteiger partial charge in [-0.3, -0.25) is 4.99 Å². The van der Waals surface area contributed by atoms with Crippen LogP contribution in [-0.4, -0.2) is 19.0 Å². The third kappa shape index (κ3) is 10.2. The number of nitrogens with one attached hydrogen (secondary N) is 1. The predicted molar refractivity (Wildman–Crippen MR) is 77.3 cm³/mol. The molecule has 0 radical (unpaired) electrons. The lowest BCUT2D eigenvalue weighted by atomic mass is 9.87. The fraction of sp³-hybridized carbons (Fsp3) is 0.929. The molecule has 0 aromatic rings. The van der Waals surface area contributed by atoms with Crippen molar-refractivity contribution in [2.24, 2.45) is 22.1 Å². The normalized spacial score (nSPS) is 13.2. The molecule has 0 fully saturated rings. The quantitative estimate of drug-likeness (QED) is 0.389. The van der Waals surface area contributed by atoms with Crippen LogP contribution in [0.15, 0.2) is 4.99 Å². The van der Waals surface area contributed by atoms with Crippen molar-refractivity contribution in [3.8, 4) is 0 Å². The van der Waals surface area contributed by atoms with Crippen molar-refractivity contribution in [1.82, 2.24) is 5.32 Å². The number of hydrogen-bond acceptors (Lipinski definition) is 1. The number of aliphatic imine (C=N–C) groups is 1. The molecule has 3 heteroatoms. The summed E-state index contributed by atoms with van der Waals surface area (Å²) in [7, 11) is 0. The van der Waals surface area contributed by atoms with E-state index in [1.807, 2.05) is 0 Å². The van der Waals surface area contributed by atoms with Gasteiger partial charge in [0.25, 0.3) is 0 Å². The molecule has 3 nitrogen and oxygen atoms in total. The Hall–Kier alpha value is -0.730. The average molecular weight is 241 g/mol. The first kappa shape index (κ1) is 16.3. The molecular weight excluding hydrogens is 210 g/mol. The van der Waals surface area contributed by atoms with Crippen molar-refractivity contribution in [1.29, 1.82) is 0 Å². The van der Waals surface area contributed by atoms with Crippen molar-refractivity contribution < 1.29 is 0 Å². The van der Waals surface area contributed by atoms with Crippen LogP contribution in [0.3, 0.4) is 0 Å². The maximum absolute atomic E-state index is 5.82. The Morgan fingerprint density at radius 1 is 1.29 bits per heavy atom. The first-order valence-corrected chi connectivity index (χ1v) is 6.91. The largest absolute Gasteiger partial charge is 0.370 e. The summed E-state index contributed by atoms with van der Waals surface area (Å²) in [5, 5.41) is 3.15. The van der Waals surface area contributed by atoms with Gasteiger partial charge in [-0.15, -0.1) is 0 Å². The highest BCUT2D eigenvalue weighted by Crippen LogP contribution is 2.23. The van der Waals surface area contributed by atoms with Crippen LogP contribution in [-0.2, 0) is 0 Å².